The van der Waals surface area contributed by atoms with Gasteiger partial charge >= 0.3 is 0 Å². The van der Waals surface area contributed by atoms with E-state index in [1.807, 2.05) is 0 Å². The first-order valence-corrected chi connectivity index (χ1v) is 11.7. The maximum Gasteiger partial charge on any atom is 0.259 e. The van der Waals surface area contributed by atoms with Crippen LogP contribution in [0.2, 0.25) is 0 Å². The number of pyridine rings is 1. The van der Waals surface area contributed by atoms with Gasteiger partial charge in [0, 0.05) is 39.3 Å². The lowest BCUT2D eigenvalue weighted by Crippen LogP contribution is -2.45. The van der Waals surface area contributed by atoms with Crippen LogP contribution in [0.25, 0.3) is 22.6 Å². The predicted octanol–water partition coefficient (Wildman–Crippen LogP) is 3.86. The summed E-state index contributed by atoms with van der Waals surface area (Å²) < 4.78 is 10.8. The summed E-state index contributed by atoms with van der Waals surface area (Å²) in [7, 11) is 0. The Balaban J connectivity index is 1.25. The summed E-state index contributed by atoms with van der Waals surface area (Å²) in [6, 6.07) is 13.8. The molecule has 0 radical (unpaired) electrons. The first-order chi connectivity index (χ1) is 16.6. The highest BCUT2D eigenvalue weighted by atomic mass is 16.5. The fraction of sp³-hybridized carbons (Fsp3) is 0.346. The van der Waals surface area contributed by atoms with E-state index in [2.05, 4.69) is 56.4 Å². The third-order valence-corrected chi connectivity index (χ3v) is 6.43. The Kier molecular flexibility index (Phi) is 6.42. The van der Waals surface area contributed by atoms with Gasteiger partial charge in [-0.05, 0) is 42.8 Å². The van der Waals surface area contributed by atoms with Crippen LogP contribution in [0.15, 0.2) is 57.7 Å². The van der Waals surface area contributed by atoms with Gasteiger partial charge in [-0.1, -0.05) is 36.3 Å². The molecule has 8 nitrogen and oxygen atoms in total. The summed E-state index contributed by atoms with van der Waals surface area (Å²) in [6.07, 6.45) is 1.57. The van der Waals surface area contributed by atoms with Crippen molar-refractivity contribution in [1.29, 1.82) is 0 Å². The van der Waals surface area contributed by atoms with E-state index < -0.39 is 0 Å². The van der Waals surface area contributed by atoms with Gasteiger partial charge in [-0.2, -0.15) is 0 Å². The summed E-state index contributed by atoms with van der Waals surface area (Å²) >= 11 is 0. The first kappa shape index (κ1) is 22.3. The van der Waals surface area contributed by atoms with Crippen molar-refractivity contribution in [3.8, 4) is 11.5 Å². The number of carbonyl (C=O) groups is 1. The average molecular weight is 460 g/mol. The maximum absolute atomic E-state index is 13.1. The highest BCUT2D eigenvalue weighted by Crippen LogP contribution is 2.27. The Hall–Kier alpha value is -3.49. The zero-order valence-electron chi connectivity index (χ0n) is 19.6. The average Bonchev–Trinajstić information content (AvgIpc) is 3.54. The third kappa shape index (κ3) is 4.73. The van der Waals surface area contributed by atoms with Gasteiger partial charge in [0.1, 0.15) is 5.69 Å². The minimum absolute atomic E-state index is 0.204. The number of furan rings is 1. The molecule has 34 heavy (non-hydrogen) atoms. The molecule has 0 saturated carbocycles. The van der Waals surface area contributed by atoms with E-state index in [-0.39, 0.29) is 5.91 Å². The second kappa shape index (κ2) is 9.79. The van der Waals surface area contributed by atoms with Crippen molar-refractivity contribution in [2.45, 2.75) is 26.9 Å². The standard InChI is InChI=1S/C26H29N5O3/c1-3-30-10-12-31(13-11-30)17-20-8-6-19(7-9-20)16-27-25(32)21-15-22(23-5-4-14-33-23)28-26-24(21)18(2)29-34-26/h4-9,14-15H,3,10-13,16-17H2,1-2H3,(H,27,32). The van der Waals surface area contributed by atoms with E-state index in [9.17, 15) is 4.79 Å². The lowest BCUT2D eigenvalue weighted by Gasteiger charge is -2.34. The molecule has 0 unspecified atom stereocenters. The fourth-order valence-electron chi connectivity index (χ4n) is 4.39. The molecule has 1 saturated heterocycles. The summed E-state index contributed by atoms with van der Waals surface area (Å²) in [5, 5.41) is 7.63. The number of rotatable bonds is 7. The largest absolute Gasteiger partial charge is 0.463 e. The Labute approximate surface area is 198 Å². The SMILES string of the molecule is CCN1CCN(Cc2ccc(CNC(=O)c3cc(-c4ccco4)nc4onc(C)c34)cc2)CC1. The summed E-state index contributed by atoms with van der Waals surface area (Å²) in [4.78, 5) is 22.6. The normalized spacial score (nSPS) is 15.1. The molecule has 1 N–H and O–H groups in total. The van der Waals surface area contributed by atoms with Gasteiger partial charge < -0.3 is 19.2 Å². The second-order valence-corrected chi connectivity index (χ2v) is 8.69. The second-order valence-electron chi connectivity index (χ2n) is 8.69. The number of nitrogens with zero attached hydrogens (tertiary/aromatic N) is 4. The molecular weight excluding hydrogens is 430 g/mol. The first-order valence-electron chi connectivity index (χ1n) is 11.7. The van der Waals surface area contributed by atoms with Crippen molar-refractivity contribution in [3.05, 3.63) is 71.1 Å². The Bertz CT molecular complexity index is 1260. The van der Waals surface area contributed by atoms with Gasteiger partial charge in [-0.3, -0.25) is 9.69 Å². The molecule has 1 aliphatic rings. The van der Waals surface area contributed by atoms with Crippen molar-refractivity contribution in [2.24, 2.45) is 0 Å². The number of amides is 1. The minimum atomic E-state index is -0.204. The predicted molar refractivity (Wildman–Crippen MR) is 129 cm³/mol. The maximum atomic E-state index is 13.1. The van der Waals surface area contributed by atoms with Crippen LogP contribution in [0.5, 0.6) is 0 Å². The molecule has 4 heterocycles. The molecule has 0 spiro atoms. The molecular formula is C26H29N5O3. The van der Waals surface area contributed by atoms with E-state index in [1.165, 1.54) is 5.56 Å². The van der Waals surface area contributed by atoms with Gasteiger partial charge in [0.05, 0.1) is 22.9 Å². The highest BCUT2D eigenvalue weighted by molar-refractivity contribution is 6.06. The molecule has 1 amide bonds. The van der Waals surface area contributed by atoms with Crippen LogP contribution in [0.1, 0.15) is 34.1 Å². The van der Waals surface area contributed by atoms with Gasteiger partial charge in [-0.15, -0.1) is 0 Å². The molecule has 176 valence electrons. The Morgan fingerprint density at radius 1 is 1.06 bits per heavy atom. The third-order valence-electron chi connectivity index (χ3n) is 6.43. The molecule has 5 rings (SSSR count). The molecule has 1 aromatic carbocycles. The van der Waals surface area contributed by atoms with Crippen LogP contribution in [0.4, 0.5) is 0 Å². The van der Waals surface area contributed by atoms with E-state index >= 15 is 0 Å². The molecule has 8 heteroatoms. The zero-order chi connectivity index (χ0) is 23.5. The Morgan fingerprint density at radius 2 is 1.79 bits per heavy atom. The topological polar surface area (TPSA) is 87.6 Å². The number of aryl methyl sites for hydroxylation is 1. The molecule has 1 aliphatic heterocycles. The van der Waals surface area contributed by atoms with Gasteiger partial charge in [-0.25, -0.2) is 4.98 Å². The zero-order valence-corrected chi connectivity index (χ0v) is 19.6. The number of nitrogens with one attached hydrogen (secondary N) is 1. The van der Waals surface area contributed by atoms with Crippen LogP contribution < -0.4 is 5.32 Å². The molecule has 0 bridgehead atoms. The number of benzene rings is 1. The fourth-order valence-corrected chi connectivity index (χ4v) is 4.39. The van der Waals surface area contributed by atoms with Crippen LogP contribution in [-0.4, -0.2) is 58.6 Å². The van der Waals surface area contributed by atoms with Gasteiger partial charge in [0.2, 0.25) is 0 Å². The van der Waals surface area contributed by atoms with E-state index in [0.29, 0.717) is 40.4 Å². The van der Waals surface area contributed by atoms with Crippen molar-refractivity contribution in [3.63, 3.8) is 0 Å². The monoisotopic (exact) mass is 459 g/mol. The summed E-state index contributed by atoms with van der Waals surface area (Å²) in [6.45, 7) is 11.0. The number of hydrogen-bond acceptors (Lipinski definition) is 7. The summed E-state index contributed by atoms with van der Waals surface area (Å²) in [5.41, 5.74) is 4.29. The number of piperazine rings is 1. The molecule has 1 fully saturated rings. The van der Waals surface area contributed by atoms with Crippen LogP contribution in [0.3, 0.4) is 0 Å². The quantitative estimate of drug-likeness (QED) is 0.449. The molecule has 3 aromatic heterocycles. The lowest BCUT2D eigenvalue weighted by molar-refractivity contribution is 0.0952. The van der Waals surface area contributed by atoms with E-state index in [4.69, 9.17) is 8.94 Å². The number of aromatic nitrogens is 2. The number of carbonyl (C=O) groups excluding carboxylic acids is 1. The van der Waals surface area contributed by atoms with E-state index in [0.717, 1.165) is 44.8 Å². The number of fused-ring (bicyclic) bond motifs is 1. The van der Waals surface area contributed by atoms with Crippen LogP contribution in [-0.2, 0) is 13.1 Å². The molecule has 4 aromatic rings. The number of hydrogen-bond donors (Lipinski definition) is 1. The van der Waals surface area contributed by atoms with Crippen molar-refractivity contribution in [1.82, 2.24) is 25.3 Å². The smallest absolute Gasteiger partial charge is 0.259 e. The van der Waals surface area contributed by atoms with Crippen molar-refractivity contribution >= 4 is 17.0 Å². The number of likely N-dealkylation sites (N-methyl/N-ethyl adjacent to an activating group) is 1. The Morgan fingerprint density at radius 3 is 2.50 bits per heavy atom. The molecule has 0 atom stereocenters. The minimum Gasteiger partial charge on any atom is -0.463 e. The van der Waals surface area contributed by atoms with E-state index in [1.54, 1.807) is 31.4 Å². The van der Waals surface area contributed by atoms with Crippen molar-refractivity contribution < 1.29 is 13.7 Å². The van der Waals surface area contributed by atoms with Crippen LogP contribution in [0, 0.1) is 6.92 Å². The van der Waals surface area contributed by atoms with Crippen LogP contribution >= 0.6 is 0 Å². The van der Waals surface area contributed by atoms with Gasteiger partial charge in [0.15, 0.2) is 5.76 Å². The molecule has 0 aliphatic carbocycles. The lowest BCUT2D eigenvalue weighted by atomic mass is 10.1. The van der Waals surface area contributed by atoms with Crippen molar-refractivity contribution in [2.75, 3.05) is 32.7 Å². The van der Waals surface area contributed by atoms with Gasteiger partial charge in [0.25, 0.3) is 11.6 Å². The highest BCUT2D eigenvalue weighted by Gasteiger charge is 2.20. The summed E-state index contributed by atoms with van der Waals surface area (Å²) in [5.74, 6) is 0.362.